The highest BCUT2D eigenvalue weighted by Crippen LogP contribution is 2.37. The second-order valence-electron chi connectivity index (χ2n) is 8.05. The van der Waals surface area contributed by atoms with Gasteiger partial charge in [-0.3, -0.25) is 9.89 Å². The summed E-state index contributed by atoms with van der Waals surface area (Å²) < 4.78 is 24.6. The molecule has 1 aromatic carbocycles. The van der Waals surface area contributed by atoms with Crippen LogP contribution in [0.2, 0.25) is 5.02 Å². The molecular weight excluding hydrogens is 497 g/mol. The van der Waals surface area contributed by atoms with Crippen LogP contribution in [0.15, 0.2) is 46.0 Å². The van der Waals surface area contributed by atoms with Crippen molar-refractivity contribution >= 4 is 41.0 Å². The van der Waals surface area contributed by atoms with E-state index in [0.29, 0.717) is 41.9 Å². The minimum Gasteiger partial charge on any atom is -0.466 e. The van der Waals surface area contributed by atoms with Crippen molar-refractivity contribution in [2.45, 2.75) is 24.5 Å². The van der Waals surface area contributed by atoms with Gasteiger partial charge in [-0.1, -0.05) is 17.7 Å². The Kier molecular flexibility index (Phi) is 8.24. The number of benzene rings is 1. The van der Waals surface area contributed by atoms with Gasteiger partial charge in [0.15, 0.2) is 10.8 Å². The van der Waals surface area contributed by atoms with Crippen molar-refractivity contribution in [3.05, 3.63) is 62.5 Å². The molecule has 0 amide bonds. The summed E-state index contributed by atoms with van der Waals surface area (Å²) in [6, 6.07) is 2.69. The number of esters is 1. The highest BCUT2D eigenvalue weighted by molar-refractivity contribution is 7.11. The largest absolute Gasteiger partial charge is 0.466 e. The predicted molar refractivity (Wildman–Crippen MR) is 130 cm³/mol. The lowest BCUT2D eigenvalue weighted by atomic mass is 9.94. The number of nitrogens with one attached hydrogen (secondary N) is 1. The molecule has 1 fully saturated rings. The van der Waals surface area contributed by atoms with Crippen LogP contribution in [0.3, 0.4) is 0 Å². The fraction of sp³-hybridized carbons (Fsp3) is 0.391. The Bertz CT molecular complexity index is 1140. The number of morpholine rings is 1. The second kappa shape index (κ2) is 11.4. The van der Waals surface area contributed by atoms with Gasteiger partial charge in [0, 0.05) is 59.5 Å². The van der Waals surface area contributed by atoms with Crippen LogP contribution >= 0.6 is 22.9 Å². The lowest BCUT2D eigenvalue weighted by Crippen LogP contribution is -2.57. The standard InChI is InChI=1S/C23H25ClFN5O4S/c1-33-23(32)19-18(10-30-14(4-6-31)11-34-12-15(30)9-26)28-21(22-27-5-7-35-22)29-20(19)16-3-2-13(25)8-17(16)24/h2-3,5-8,14-15,20H,4,9-12,26H2,1H3,(H,28,29)/t14?,15?,20-/m0/s1. The molecule has 3 N–H and O–H groups in total. The minimum atomic E-state index is -0.868. The highest BCUT2D eigenvalue weighted by atomic mass is 35.5. The maximum atomic E-state index is 13.8. The van der Waals surface area contributed by atoms with Crippen LogP contribution in [0.25, 0.3) is 0 Å². The number of aldehydes is 1. The third kappa shape index (κ3) is 5.44. The van der Waals surface area contributed by atoms with E-state index in [4.69, 9.17) is 31.8 Å². The van der Waals surface area contributed by atoms with Crippen LogP contribution in [0.1, 0.15) is 23.0 Å². The monoisotopic (exact) mass is 521 g/mol. The zero-order valence-electron chi connectivity index (χ0n) is 18.9. The number of ether oxygens (including phenoxy) is 2. The van der Waals surface area contributed by atoms with E-state index < -0.39 is 17.8 Å². The predicted octanol–water partition coefficient (Wildman–Crippen LogP) is 2.07. The average molecular weight is 522 g/mol. The van der Waals surface area contributed by atoms with Gasteiger partial charge in [-0.05, 0) is 12.1 Å². The first-order valence-electron chi connectivity index (χ1n) is 10.9. The number of carbonyl (C=O) groups is 2. The van der Waals surface area contributed by atoms with E-state index in [1.54, 1.807) is 6.20 Å². The summed E-state index contributed by atoms with van der Waals surface area (Å²) in [5.74, 6) is -0.668. The molecule has 4 rings (SSSR count). The number of carbonyl (C=O) groups excluding carboxylic acids is 2. The number of thiazole rings is 1. The number of amidine groups is 1. The molecule has 2 aromatic rings. The van der Waals surface area contributed by atoms with Gasteiger partial charge in [0.05, 0.1) is 25.9 Å². The Hall–Kier alpha value is -2.70. The van der Waals surface area contributed by atoms with Gasteiger partial charge in [-0.25, -0.2) is 14.2 Å². The Morgan fingerprint density at radius 2 is 2.23 bits per heavy atom. The van der Waals surface area contributed by atoms with Crippen molar-refractivity contribution in [3.8, 4) is 0 Å². The van der Waals surface area contributed by atoms with Crippen LogP contribution in [-0.4, -0.2) is 73.5 Å². The summed E-state index contributed by atoms with van der Waals surface area (Å²) in [7, 11) is 1.28. The number of hydrogen-bond donors (Lipinski definition) is 2. The third-order valence-corrected chi connectivity index (χ3v) is 7.07. The molecule has 1 saturated heterocycles. The Morgan fingerprint density at radius 1 is 1.43 bits per heavy atom. The summed E-state index contributed by atoms with van der Waals surface area (Å²) in [5.41, 5.74) is 7.20. The first kappa shape index (κ1) is 25.4. The van der Waals surface area contributed by atoms with Crippen LogP contribution < -0.4 is 11.1 Å². The Morgan fingerprint density at radius 3 is 2.89 bits per heavy atom. The molecule has 12 heteroatoms. The van der Waals surface area contributed by atoms with Gasteiger partial charge < -0.3 is 25.3 Å². The molecule has 0 radical (unpaired) electrons. The molecule has 2 aliphatic rings. The fourth-order valence-electron chi connectivity index (χ4n) is 4.26. The molecule has 0 bridgehead atoms. The number of rotatable bonds is 8. The molecule has 0 aliphatic carbocycles. The number of aliphatic imine (C=N–C) groups is 1. The van der Waals surface area contributed by atoms with Gasteiger partial charge in [0.25, 0.3) is 0 Å². The molecule has 0 saturated carbocycles. The van der Waals surface area contributed by atoms with Crippen molar-refractivity contribution in [1.82, 2.24) is 15.2 Å². The third-order valence-electron chi connectivity index (χ3n) is 5.96. The maximum Gasteiger partial charge on any atom is 0.338 e. The van der Waals surface area contributed by atoms with E-state index in [0.717, 1.165) is 6.29 Å². The van der Waals surface area contributed by atoms with E-state index in [1.807, 2.05) is 5.38 Å². The van der Waals surface area contributed by atoms with Gasteiger partial charge in [-0.15, -0.1) is 11.3 Å². The average Bonchev–Trinajstić information content (AvgIpc) is 3.39. The van der Waals surface area contributed by atoms with Gasteiger partial charge in [0.2, 0.25) is 0 Å². The summed E-state index contributed by atoms with van der Waals surface area (Å²) in [5, 5.41) is 5.80. The smallest absolute Gasteiger partial charge is 0.338 e. The molecule has 3 atom stereocenters. The van der Waals surface area contributed by atoms with Gasteiger partial charge in [0.1, 0.15) is 18.1 Å². The molecule has 3 heterocycles. The quantitative estimate of drug-likeness (QED) is 0.400. The zero-order valence-corrected chi connectivity index (χ0v) is 20.5. The molecule has 35 heavy (non-hydrogen) atoms. The van der Waals surface area contributed by atoms with Crippen molar-refractivity contribution in [2.75, 3.05) is 33.4 Å². The lowest BCUT2D eigenvalue weighted by Gasteiger charge is -2.42. The highest BCUT2D eigenvalue weighted by Gasteiger charge is 2.37. The topological polar surface area (TPSA) is 119 Å². The fourth-order valence-corrected chi connectivity index (χ4v) is 5.11. The Balaban J connectivity index is 1.84. The summed E-state index contributed by atoms with van der Waals surface area (Å²) in [4.78, 5) is 35.6. The first-order valence-corrected chi connectivity index (χ1v) is 12.2. The number of nitrogens with two attached hydrogens (primary N) is 1. The second-order valence-corrected chi connectivity index (χ2v) is 9.35. The first-order chi connectivity index (χ1) is 17.0. The van der Waals surface area contributed by atoms with E-state index in [9.17, 15) is 14.0 Å². The molecule has 1 aromatic heterocycles. The molecule has 2 unspecified atom stereocenters. The molecule has 9 nitrogen and oxygen atoms in total. The van der Waals surface area contributed by atoms with Crippen LogP contribution in [0.4, 0.5) is 4.39 Å². The van der Waals surface area contributed by atoms with Crippen molar-refractivity contribution in [1.29, 1.82) is 0 Å². The molecule has 186 valence electrons. The van der Waals surface area contributed by atoms with Crippen molar-refractivity contribution < 1.29 is 23.5 Å². The van der Waals surface area contributed by atoms with Crippen LogP contribution in [0.5, 0.6) is 0 Å². The zero-order chi connectivity index (χ0) is 24.9. The van der Waals surface area contributed by atoms with Crippen molar-refractivity contribution in [3.63, 3.8) is 0 Å². The van der Waals surface area contributed by atoms with Crippen molar-refractivity contribution in [2.24, 2.45) is 10.7 Å². The number of methoxy groups -OCH3 is 1. The Labute approximate surface area is 210 Å². The maximum absolute atomic E-state index is 13.8. The van der Waals surface area contributed by atoms with Crippen LogP contribution in [-0.2, 0) is 19.1 Å². The summed E-state index contributed by atoms with van der Waals surface area (Å²) >= 11 is 7.77. The number of halogens is 2. The van der Waals surface area contributed by atoms with Gasteiger partial charge >= 0.3 is 5.97 Å². The number of aromatic nitrogens is 1. The number of nitrogens with zero attached hydrogens (tertiary/aromatic N) is 3. The summed E-state index contributed by atoms with van der Waals surface area (Å²) in [6.07, 6.45) is 2.74. The molecular formula is C23H25ClFN5O4S. The van der Waals surface area contributed by atoms with E-state index in [-0.39, 0.29) is 35.6 Å². The normalized spacial score (nSPS) is 23.0. The molecule has 0 spiro atoms. The van der Waals surface area contributed by atoms with E-state index in [1.165, 1.54) is 36.6 Å². The lowest BCUT2D eigenvalue weighted by molar-refractivity contribution is -0.136. The SMILES string of the molecule is COC(=O)C1=C(CN2C(CN)COCC2CC=O)NC(c2nccs2)=N[C@H]1c1ccc(F)cc1Cl. The van der Waals surface area contributed by atoms with Crippen LogP contribution in [0, 0.1) is 5.82 Å². The summed E-state index contributed by atoms with van der Waals surface area (Å²) in [6.45, 7) is 1.30. The molecule has 2 aliphatic heterocycles. The minimum absolute atomic E-state index is 0.130. The van der Waals surface area contributed by atoms with E-state index in [2.05, 4.69) is 15.2 Å². The van der Waals surface area contributed by atoms with E-state index >= 15 is 0 Å². The van der Waals surface area contributed by atoms with Gasteiger partial charge in [-0.2, -0.15) is 0 Å². The number of hydrogen-bond acceptors (Lipinski definition) is 10.